The molecule has 0 fully saturated rings. The number of carbonyl (C=O) groups is 1. The normalized spacial score (nSPS) is 15.6. The Labute approximate surface area is 256 Å². The van der Waals surface area contributed by atoms with Crippen molar-refractivity contribution < 1.29 is 19.4 Å². The lowest BCUT2D eigenvalue weighted by Crippen LogP contribution is -2.49. The van der Waals surface area contributed by atoms with Crippen LogP contribution in [0.5, 0.6) is 5.75 Å². The molecule has 0 aliphatic carbocycles. The van der Waals surface area contributed by atoms with Crippen LogP contribution in [-0.4, -0.2) is 48.8 Å². The first-order valence-electron chi connectivity index (χ1n) is 14.6. The molecule has 1 aliphatic heterocycles. The fourth-order valence-electron chi connectivity index (χ4n) is 5.30. The summed E-state index contributed by atoms with van der Waals surface area (Å²) in [7, 11) is 0. The monoisotopic (exact) mass is 589 g/mol. The minimum Gasteiger partial charge on any atom is -0.494 e. The van der Waals surface area contributed by atoms with E-state index in [1.807, 2.05) is 84.9 Å². The molecule has 0 saturated heterocycles. The van der Waals surface area contributed by atoms with Crippen LogP contribution in [0.1, 0.15) is 40.2 Å². The minimum atomic E-state index is -1.24. The van der Waals surface area contributed by atoms with E-state index in [2.05, 4.69) is 39.6 Å². The summed E-state index contributed by atoms with van der Waals surface area (Å²) < 4.78 is 11.8. The van der Waals surface area contributed by atoms with Crippen molar-refractivity contribution in [2.45, 2.75) is 30.8 Å². The molecule has 9 nitrogen and oxygen atoms in total. The van der Waals surface area contributed by atoms with Crippen molar-refractivity contribution in [3.63, 3.8) is 0 Å². The third-order valence-electron chi connectivity index (χ3n) is 7.63. The zero-order chi connectivity index (χ0) is 30.6. The quantitative estimate of drug-likeness (QED) is 0.0813. The zero-order valence-electron chi connectivity index (χ0n) is 24.4. The van der Waals surface area contributed by atoms with Crippen molar-refractivity contribution in [1.82, 2.24) is 5.32 Å². The van der Waals surface area contributed by atoms with Crippen molar-refractivity contribution in [1.29, 1.82) is 0 Å². The largest absolute Gasteiger partial charge is 0.494 e. The van der Waals surface area contributed by atoms with E-state index in [-0.39, 0.29) is 38.0 Å². The molecule has 0 bridgehead atoms. The van der Waals surface area contributed by atoms with Crippen LogP contribution in [0.15, 0.2) is 119 Å². The lowest BCUT2D eigenvalue weighted by Gasteiger charge is -2.26. The van der Waals surface area contributed by atoms with Crippen LogP contribution in [0.2, 0.25) is 0 Å². The summed E-state index contributed by atoms with van der Waals surface area (Å²) in [5.41, 5.74) is 12.3. The number of nitrogens with zero attached hydrogens (tertiary/aromatic N) is 4. The van der Waals surface area contributed by atoms with Gasteiger partial charge in [-0.05, 0) is 52.1 Å². The number of aliphatic imine (C=N–C) groups is 1. The van der Waals surface area contributed by atoms with Crippen LogP contribution in [0.3, 0.4) is 0 Å². The molecule has 4 aromatic rings. The average Bonchev–Trinajstić information content (AvgIpc) is 3.51. The fraction of sp³-hybridized carbons (Fsp3) is 0.257. The molecule has 0 aromatic heterocycles. The Kier molecular flexibility index (Phi) is 10.3. The van der Waals surface area contributed by atoms with Gasteiger partial charge in [-0.25, -0.2) is 4.99 Å². The Morgan fingerprint density at radius 1 is 0.955 bits per heavy atom. The highest BCUT2D eigenvalue weighted by Crippen LogP contribution is 2.30. The predicted octanol–water partition coefficient (Wildman–Crippen LogP) is 5.96. The molecule has 4 aromatic carbocycles. The van der Waals surface area contributed by atoms with Crippen LogP contribution in [-0.2, 0) is 22.5 Å². The first kappa shape index (κ1) is 30.4. The standard InChI is InChI=1S/C35H35N5O4/c36-40-38-23-30-15-8-7-14-29(30)22-35(25-44-33(39-35)28-16-18-31(19-17-28)43-21-9-20-41)34(42)37-24-32(26-10-3-1-4-11-26)27-12-5-2-6-13-27/h1-8,10-19,32,41H,9,20-25H2,(H,37,42)/t35-/m1/s1. The fourth-order valence-corrected chi connectivity index (χ4v) is 5.30. The summed E-state index contributed by atoms with van der Waals surface area (Å²) in [5, 5.41) is 16.0. The number of azide groups is 1. The number of hydrogen-bond donors (Lipinski definition) is 2. The molecule has 5 rings (SSSR count). The Morgan fingerprint density at radius 2 is 1.59 bits per heavy atom. The van der Waals surface area contributed by atoms with Gasteiger partial charge in [0, 0.05) is 42.4 Å². The van der Waals surface area contributed by atoms with Gasteiger partial charge in [0.25, 0.3) is 5.91 Å². The van der Waals surface area contributed by atoms with E-state index in [4.69, 9.17) is 25.1 Å². The van der Waals surface area contributed by atoms with Gasteiger partial charge in [-0.1, -0.05) is 90.0 Å². The third-order valence-corrected chi connectivity index (χ3v) is 7.63. The number of amides is 1. The second-order valence-electron chi connectivity index (χ2n) is 10.6. The maximum atomic E-state index is 14.2. The van der Waals surface area contributed by atoms with Gasteiger partial charge in [-0.3, -0.25) is 4.79 Å². The molecule has 9 heteroatoms. The van der Waals surface area contributed by atoms with Gasteiger partial charge in [0.15, 0.2) is 5.54 Å². The summed E-state index contributed by atoms with van der Waals surface area (Å²) in [6.45, 7) is 1.08. The maximum absolute atomic E-state index is 14.2. The second-order valence-corrected chi connectivity index (χ2v) is 10.6. The maximum Gasteiger partial charge on any atom is 0.252 e. The van der Waals surface area contributed by atoms with Gasteiger partial charge in [0.1, 0.15) is 12.4 Å². The minimum absolute atomic E-state index is 0.0557. The lowest BCUT2D eigenvalue weighted by molar-refractivity contribution is -0.126. The number of nitrogens with one attached hydrogen (secondary N) is 1. The van der Waals surface area contributed by atoms with E-state index < -0.39 is 5.54 Å². The summed E-state index contributed by atoms with van der Waals surface area (Å²) in [6.07, 6.45) is 0.814. The molecule has 0 saturated carbocycles. The van der Waals surface area contributed by atoms with E-state index in [9.17, 15) is 4.79 Å². The van der Waals surface area contributed by atoms with Crippen LogP contribution in [0.4, 0.5) is 0 Å². The Hall–Kier alpha value is -5.11. The van der Waals surface area contributed by atoms with Crippen molar-refractivity contribution in [2.24, 2.45) is 10.1 Å². The molecule has 0 radical (unpaired) electrons. The van der Waals surface area contributed by atoms with Crippen LogP contribution in [0, 0.1) is 0 Å². The van der Waals surface area contributed by atoms with Gasteiger partial charge in [0.05, 0.1) is 13.2 Å². The summed E-state index contributed by atoms with van der Waals surface area (Å²) in [6, 6.07) is 35.2. The summed E-state index contributed by atoms with van der Waals surface area (Å²) in [4.78, 5) is 22.1. The van der Waals surface area contributed by atoms with Crippen LogP contribution in [0.25, 0.3) is 10.4 Å². The number of carbonyl (C=O) groups excluding carboxylic acids is 1. The highest BCUT2D eigenvalue weighted by atomic mass is 16.5. The van der Waals surface area contributed by atoms with Gasteiger partial charge in [-0.15, -0.1) is 0 Å². The molecule has 1 atom stereocenters. The van der Waals surface area contributed by atoms with Gasteiger partial charge in [0.2, 0.25) is 5.90 Å². The molecule has 2 N–H and O–H groups in total. The van der Waals surface area contributed by atoms with Crippen LogP contribution < -0.4 is 10.1 Å². The molecule has 44 heavy (non-hydrogen) atoms. The van der Waals surface area contributed by atoms with Gasteiger partial charge in [-0.2, -0.15) is 0 Å². The number of aliphatic hydroxyl groups excluding tert-OH is 1. The SMILES string of the molecule is [N-]=[N+]=NCc1ccccc1C[C@]1(C(=O)NCC(c2ccccc2)c2ccccc2)COC(c2ccc(OCCCO)cc2)=N1. The molecular weight excluding hydrogens is 554 g/mol. The number of aliphatic hydroxyl groups is 1. The van der Waals surface area contributed by atoms with E-state index >= 15 is 0 Å². The second kappa shape index (κ2) is 14.9. The van der Waals surface area contributed by atoms with Crippen molar-refractivity contribution in [3.8, 4) is 5.75 Å². The molecule has 1 heterocycles. The highest BCUT2D eigenvalue weighted by Gasteiger charge is 2.45. The third kappa shape index (κ3) is 7.45. The topological polar surface area (TPSA) is 129 Å². The van der Waals surface area contributed by atoms with Crippen molar-refractivity contribution in [2.75, 3.05) is 26.4 Å². The molecular formula is C35H35N5O4. The zero-order valence-corrected chi connectivity index (χ0v) is 24.4. The first-order chi connectivity index (χ1) is 21.6. The molecule has 1 aliphatic rings. The summed E-state index contributed by atoms with van der Waals surface area (Å²) >= 11 is 0. The lowest BCUT2D eigenvalue weighted by atomic mass is 9.88. The van der Waals surface area contributed by atoms with E-state index in [1.165, 1.54) is 0 Å². The predicted molar refractivity (Wildman–Crippen MR) is 170 cm³/mol. The van der Waals surface area contributed by atoms with E-state index in [0.717, 1.165) is 27.8 Å². The van der Waals surface area contributed by atoms with Crippen LogP contribution >= 0.6 is 0 Å². The van der Waals surface area contributed by atoms with Gasteiger partial charge < -0.3 is 19.9 Å². The molecule has 0 unspecified atom stereocenters. The van der Waals surface area contributed by atoms with E-state index in [1.54, 1.807) is 0 Å². The Morgan fingerprint density at radius 3 is 2.23 bits per heavy atom. The molecule has 0 spiro atoms. The molecule has 1 amide bonds. The van der Waals surface area contributed by atoms with Gasteiger partial charge >= 0.3 is 0 Å². The summed E-state index contributed by atoms with van der Waals surface area (Å²) in [5.74, 6) is 0.744. The van der Waals surface area contributed by atoms with Crippen molar-refractivity contribution >= 4 is 11.8 Å². The highest BCUT2D eigenvalue weighted by molar-refractivity contribution is 6.00. The number of benzene rings is 4. The average molecular weight is 590 g/mol. The smallest absolute Gasteiger partial charge is 0.252 e. The number of ether oxygens (including phenoxy) is 2. The van der Waals surface area contributed by atoms with Crippen molar-refractivity contribution in [3.05, 3.63) is 147 Å². The first-order valence-corrected chi connectivity index (χ1v) is 14.6. The molecule has 224 valence electrons. The number of hydrogen-bond acceptors (Lipinski definition) is 6. The number of rotatable bonds is 14. The Bertz CT molecular complexity index is 1570. The Balaban J connectivity index is 1.44. The van der Waals surface area contributed by atoms with E-state index in [0.29, 0.717) is 31.2 Å².